The van der Waals surface area contributed by atoms with E-state index in [1.807, 2.05) is 83.6 Å². The van der Waals surface area contributed by atoms with Crippen molar-refractivity contribution in [1.82, 2.24) is 20.7 Å². The van der Waals surface area contributed by atoms with Gasteiger partial charge in [0.25, 0.3) is 5.91 Å². The van der Waals surface area contributed by atoms with E-state index in [-0.39, 0.29) is 29.9 Å². The van der Waals surface area contributed by atoms with Gasteiger partial charge in [0.05, 0.1) is 6.42 Å². The standard InChI is InChI=1S/C23H20N4O2S/c28-21(14-18-9-5-8-16-6-1-3-10-19(16)18)24-23(30)26-25-22(29)15-27-13-12-17-7-2-4-11-20(17)27/h1-13H,14-15H2,(H,25,29)(H2,24,26,28,30). The SMILES string of the molecule is O=C(Cn1ccc2ccccc21)NNC(=S)NC(=O)Cc1cccc2ccccc12. The van der Waals surface area contributed by atoms with Crippen molar-refractivity contribution in [3.8, 4) is 0 Å². The van der Waals surface area contributed by atoms with Crippen LogP contribution in [0.15, 0.2) is 79.0 Å². The van der Waals surface area contributed by atoms with Crippen LogP contribution in [-0.4, -0.2) is 21.5 Å². The van der Waals surface area contributed by atoms with Gasteiger partial charge in [0.15, 0.2) is 5.11 Å². The quantitative estimate of drug-likeness (QED) is 0.353. The van der Waals surface area contributed by atoms with Gasteiger partial charge < -0.3 is 9.88 Å². The number of hydrogen-bond donors (Lipinski definition) is 3. The van der Waals surface area contributed by atoms with E-state index in [9.17, 15) is 9.59 Å². The normalized spacial score (nSPS) is 10.7. The van der Waals surface area contributed by atoms with Crippen LogP contribution in [0.25, 0.3) is 21.7 Å². The van der Waals surface area contributed by atoms with Crippen molar-refractivity contribution >= 4 is 50.8 Å². The zero-order valence-electron chi connectivity index (χ0n) is 16.1. The summed E-state index contributed by atoms with van der Waals surface area (Å²) in [5.41, 5.74) is 6.99. The summed E-state index contributed by atoms with van der Waals surface area (Å²) in [6, 6.07) is 23.5. The highest BCUT2D eigenvalue weighted by Crippen LogP contribution is 2.18. The molecule has 0 saturated heterocycles. The van der Waals surface area contributed by atoms with Crippen LogP contribution in [0.2, 0.25) is 0 Å². The number of aromatic nitrogens is 1. The molecule has 0 spiro atoms. The van der Waals surface area contributed by atoms with Gasteiger partial charge in [-0.2, -0.15) is 0 Å². The Balaban J connectivity index is 1.29. The van der Waals surface area contributed by atoms with Crippen molar-refractivity contribution < 1.29 is 9.59 Å². The molecule has 0 saturated carbocycles. The number of nitrogens with zero attached hydrogens (tertiary/aromatic N) is 1. The molecule has 6 nitrogen and oxygen atoms in total. The molecule has 0 unspecified atom stereocenters. The first kappa shape index (κ1) is 19.6. The Morgan fingerprint density at radius 2 is 1.53 bits per heavy atom. The maximum Gasteiger partial charge on any atom is 0.258 e. The summed E-state index contributed by atoms with van der Waals surface area (Å²) in [4.78, 5) is 24.6. The van der Waals surface area contributed by atoms with Gasteiger partial charge in [-0.1, -0.05) is 60.7 Å². The predicted molar refractivity (Wildman–Crippen MR) is 122 cm³/mol. The molecule has 0 fully saturated rings. The van der Waals surface area contributed by atoms with Crippen LogP contribution in [0, 0.1) is 0 Å². The molecular formula is C23H20N4O2S. The van der Waals surface area contributed by atoms with Gasteiger partial charge in [0.1, 0.15) is 6.54 Å². The summed E-state index contributed by atoms with van der Waals surface area (Å²) >= 11 is 5.12. The van der Waals surface area contributed by atoms with Crippen molar-refractivity contribution in [1.29, 1.82) is 0 Å². The molecule has 0 aliphatic rings. The maximum absolute atomic E-state index is 12.4. The molecule has 1 aromatic heterocycles. The number of carbonyl (C=O) groups is 2. The van der Waals surface area contributed by atoms with Crippen LogP contribution in [0.1, 0.15) is 5.56 Å². The molecular weight excluding hydrogens is 396 g/mol. The minimum absolute atomic E-state index is 0.0472. The Morgan fingerprint density at radius 1 is 0.800 bits per heavy atom. The minimum atomic E-state index is -0.276. The number of rotatable bonds is 4. The molecule has 4 aromatic rings. The molecule has 3 aromatic carbocycles. The fourth-order valence-electron chi connectivity index (χ4n) is 3.42. The Kier molecular flexibility index (Phi) is 5.72. The highest BCUT2D eigenvalue weighted by atomic mass is 32.1. The summed E-state index contributed by atoms with van der Waals surface area (Å²) in [7, 11) is 0. The lowest BCUT2D eigenvalue weighted by molar-refractivity contribution is -0.122. The van der Waals surface area contributed by atoms with E-state index >= 15 is 0 Å². The Labute approximate surface area is 178 Å². The van der Waals surface area contributed by atoms with Crippen LogP contribution in [0.4, 0.5) is 0 Å². The van der Waals surface area contributed by atoms with Crippen LogP contribution in [0.3, 0.4) is 0 Å². The first-order chi connectivity index (χ1) is 14.6. The van der Waals surface area contributed by atoms with Crippen LogP contribution in [-0.2, 0) is 22.6 Å². The van der Waals surface area contributed by atoms with Crippen molar-refractivity contribution in [2.75, 3.05) is 0 Å². The van der Waals surface area contributed by atoms with Gasteiger partial charge in [-0.05, 0) is 46.1 Å². The van der Waals surface area contributed by atoms with Gasteiger partial charge in [-0.25, -0.2) is 0 Å². The lowest BCUT2D eigenvalue weighted by atomic mass is 10.0. The minimum Gasteiger partial charge on any atom is -0.338 e. The molecule has 0 radical (unpaired) electrons. The van der Waals surface area contributed by atoms with Gasteiger partial charge in [-0.15, -0.1) is 0 Å². The Hall–Kier alpha value is -3.71. The zero-order valence-corrected chi connectivity index (χ0v) is 16.9. The molecule has 0 atom stereocenters. The van der Waals surface area contributed by atoms with E-state index in [1.54, 1.807) is 0 Å². The summed E-state index contributed by atoms with van der Waals surface area (Å²) < 4.78 is 1.84. The van der Waals surface area contributed by atoms with Crippen LogP contribution < -0.4 is 16.2 Å². The van der Waals surface area contributed by atoms with E-state index in [0.717, 1.165) is 27.2 Å². The van der Waals surface area contributed by atoms with E-state index < -0.39 is 0 Å². The monoisotopic (exact) mass is 416 g/mol. The smallest absolute Gasteiger partial charge is 0.258 e. The first-order valence-electron chi connectivity index (χ1n) is 9.49. The molecule has 3 N–H and O–H groups in total. The Morgan fingerprint density at radius 3 is 2.40 bits per heavy atom. The number of benzene rings is 3. The van der Waals surface area contributed by atoms with Gasteiger partial charge in [0, 0.05) is 11.7 Å². The summed E-state index contributed by atoms with van der Waals surface area (Å²) in [6.45, 7) is 0.132. The van der Waals surface area contributed by atoms with E-state index in [4.69, 9.17) is 12.2 Å². The van der Waals surface area contributed by atoms with E-state index in [2.05, 4.69) is 16.2 Å². The number of hydrogen-bond acceptors (Lipinski definition) is 3. The van der Waals surface area contributed by atoms with E-state index in [1.165, 1.54) is 0 Å². The van der Waals surface area contributed by atoms with Crippen molar-refractivity contribution in [2.45, 2.75) is 13.0 Å². The van der Waals surface area contributed by atoms with Crippen LogP contribution in [0.5, 0.6) is 0 Å². The van der Waals surface area contributed by atoms with Crippen molar-refractivity contribution in [3.63, 3.8) is 0 Å². The van der Waals surface area contributed by atoms with Crippen molar-refractivity contribution in [3.05, 3.63) is 84.6 Å². The van der Waals surface area contributed by atoms with Crippen LogP contribution >= 0.6 is 12.2 Å². The average molecular weight is 417 g/mol. The molecule has 0 aliphatic carbocycles. The fourth-order valence-corrected chi connectivity index (χ4v) is 3.59. The third-order valence-corrected chi connectivity index (χ3v) is 5.00. The number of carbonyl (C=O) groups excluding carboxylic acids is 2. The highest BCUT2D eigenvalue weighted by Gasteiger charge is 2.10. The largest absolute Gasteiger partial charge is 0.338 e. The molecule has 7 heteroatoms. The fraction of sp³-hybridized carbons (Fsp3) is 0.0870. The number of fused-ring (bicyclic) bond motifs is 2. The van der Waals surface area contributed by atoms with Gasteiger partial charge in [0.2, 0.25) is 5.91 Å². The number of nitrogens with one attached hydrogen (secondary N) is 3. The average Bonchev–Trinajstić information content (AvgIpc) is 3.15. The van der Waals surface area contributed by atoms with Gasteiger partial charge >= 0.3 is 0 Å². The van der Waals surface area contributed by atoms with Gasteiger partial charge in [-0.3, -0.25) is 20.4 Å². The third kappa shape index (κ3) is 4.47. The summed E-state index contributed by atoms with van der Waals surface area (Å²) in [5, 5.41) is 5.81. The lowest BCUT2D eigenvalue weighted by Gasteiger charge is -2.12. The first-order valence-corrected chi connectivity index (χ1v) is 9.90. The molecule has 150 valence electrons. The number of hydrazine groups is 1. The lowest BCUT2D eigenvalue weighted by Crippen LogP contribution is -2.49. The highest BCUT2D eigenvalue weighted by molar-refractivity contribution is 7.80. The topological polar surface area (TPSA) is 75.2 Å². The second-order valence-electron chi connectivity index (χ2n) is 6.87. The predicted octanol–water partition coefficient (Wildman–Crippen LogP) is 3.06. The van der Waals surface area contributed by atoms with E-state index in [0.29, 0.717) is 0 Å². The summed E-state index contributed by atoms with van der Waals surface area (Å²) in [5.74, 6) is -0.531. The summed E-state index contributed by atoms with van der Waals surface area (Å²) in [6.07, 6.45) is 2.04. The molecule has 2 amide bonds. The molecule has 4 rings (SSSR count). The number of para-hydroxylation sites is 1. The Bertz CT molecular complexity index is 1240. The third-order valence-electron chi connectivity index (χ3n) is 4.79. The number of amides is 2. The molecule has 0 bridgehead atoms. The zero-order chi connectivity index (χ0) is 20.9. The molecule has 30 heavy (non-hydrogen) atoms. The second kappa shape index (κ2) is 8.75. The van der Waals surface area contributed by atoms with Crippen molar-refractivity contribution in [2.24, 2.45) is 0 Å². The maximum atomic E-state index is 12.4. The second-order valence-corrected chi connectivity index (χ2v) is 7.28. The number of thiocarbonyl (C=S) groups is 1. The molecule has 1 heterocycles. The molecule has 0 aliphatic heterocycles.